The summed E-state index contributed by atoms with van der Waals surface area (Å²) in [4.78, 5) is 15.2. The van der Waals surface area contributed by atoms with Crippen molar-refractivity contribution in [2.45, 2.75) is 12.2 Å². The van der Waals surface area contributed by atoms with Crippen LogP contribution < -0.4 is 4.90 Å². The summed E-state index contributed by atoms with van der Waals surface area (Å²) >= 11 is 0. The molecule has 0 amide bonds. The first-order valence-corrected chi connectivity index (χ1v) is 9.21. The number of anilines is 1. The number of alkyl halides is 3. The Kier molecular flexibility index (Phi) is 4.39. The van der Waals surface area contributed by atoms with E-state index in [0.29, 0.717) is 36.9 Å². The second-order valence-electron chi connectivity index (χ2n) is 6.84. The van der Waals surface area contributed by atoms with E-state index in [-0.39, 0.29) is 11.9 Å². The van der Waals surface area contributed by atoms with Crippen LogP contribution in [-0.4, -0.2) is 49.3 Å². The number of nitrogens with zero attached hydrogens (tertiary/aromatic N) is 6. The zero-order chi connectivity index (χ0) is 20.7. The zero-order valence-electron chi connectivity index (χ0n) is 15.5. The van der Waals surface area contributed by atoms with Gasteiger partial charge in [-0.15, -0.1) is 0 Å². The monoisotopic (exact) mass is 415 g/mol. The van der Waals surface area contributed by atoms with E-state index in [2.05, 4.69) is 30.0 Å². The van der Waals surface area contributed by atoms with Gasteiger partial charge in [-0.2, -0.15) is 18.3 Å². The smallest absolute Gasteiger partial charge is 0.377 e. The van der Waals surface area contributed by atoms with Gasteiger partial charge in [-0.25, -0.2) is 15.0 Å². The number of rotatable bonds is 3. The predicted molar refractivity (Wildman–Crippen MR) is 101 cm³/mol. The third kappa shape index (κ3) is 3.26. The molecule has 0 aliphatic carbocycles. The minimum Gasteiger partial charge on any atom is -0.377 e. The molecule has 0 bridgehead atoms. The number of ether oxygens (including phenoxy) is 1. The van der Waals surface area contributed by atoms with Crippen LogP contribution in [0.25, 0.3) is 17.2 Å². The number of halogens is 3. The molecule has 30 heavy (non-hydrogen) atoms. The highest BCUT2D eigenvalue weighted by atomic mass is 19.4. The molecule has 1 N–H and O–H groups in total. The van der Waals surface area contributed by atoms with Crippen LogP contribution >= 0.6 is 0 Å². The first-order chi connectivity index (χ1) is 14.5. The highest BCUT2D eigenvalue weighted by Gasteiger charge is 2.31. The van der Waals surface area contributed by atoms with Crippen LogP contribution in [0.5, 0.6) is 0 Å². The average Bonchev–Trinajstić information content (AvgIpc) is 3.43. The fourth-order valence-electron chi connectivity index (χ4n) is 3.54. The molecule has 1 atom stereocenters. The summed E-state index contributed by atoms with van der Waals surface area (Å²) in [5.74, 6) is 0.938. The molecule has 11 heteroatoms. The number of fused-ring (bicyclic) bond motifs is 1. The third-order valence-electron chi connectivity index (χ3n) is 5.03. The van der Waals surface area contributed by atoms with Gasteiger partial charge in [0, 0.05) is 30.7 Å². The molecule has 5 rings (SSSR count). The van der Waals surface area contributed by atoms with Gasteiger partial charge in [-0.1, -0.05) is 0 Å². The summed E-state index contributed by atoms with van der Waals surface area (Å²) in [6, 6.07) is 4.02. The van der Waals surface area contributed by atoms with Gasteiger partial charge < -0.3 is 9.64 Å². The maximum Gasteiger partial charge on any atom is 0.417 e. The second-order valence-corrected chi connectivity index (χ2v) is 6.84. The third-order valence-corrected chi connectivity index (χ3v) is 5.03. The topological polar surface area (TPSA) is 84.2 Å². The van der Waals surface area contributed by atoms with Gasteiger partial charge in [-0.3, -0.25) is 9.50 Å². The molecule has 0 radical (unpaired) electrons. The molecule has 1 saturated heterocycles. The van der Waals surface area contributed by atoms with Crippen LogP contribution in [0.1, 0.15) is 17.2 Å². The van der Waals surface area contributed by atoms with Crippen molar-refractivity contribution in [2.75, 3.05) is 24.7 Å². The van der Waals surface area contributed by atoms with E-state index in [9.17, 15) is 13.2 Å². The van der Waals surface area contributed by atoms with Crippen LogP contribution in [0.2, 0.25) is 0 Å². The van der Waals surface area contributed by atoms with E-state index >= 15 is 0 Å². The Hall–Kier alpha value is -3.47. The Bertz CT molecular complexity index is 1170. The molecule has 1 unspecified atom stereocenters. The highest BCUT2D eigenvalue weighted by molar-refractivity contribution is 5.59. The van der Waals surface area contributed by atoms with Gasteiger partial charge in [0.1, 0.15) is 17.2 Å². The van der Waals surface area contributed by atoms with Gasteiger partial charge in [0.2, 0.25) is 0 Å². The van der Waals surface area contributed by atoms with E-state index in [1.54, 1.807) is 24.7 Å². The largest absolute Gasteiger partial charge is 0.417 e. The molecule has 1 aliphatic heterocycles. The lowest BCUT2D eigenvalue weighted by atomic mass is 10.1. The van der Waals surface area contributed by atoms with Crippen molar-refractivity contribution < 1.29 is 17.9 Å². The molecule has 0 aromatic carbocycles. The van der Waals surface area contributed by atoms with Crippen LogP contribution in [0.15, 0.2) is 49.2 Å². The van der Waals surface area contributed by atoms with Gasteiger partial charge in [0.15, 0.2) is 5.82 Å². The Balaban J connectivity index is 1.55. The molecule has 0 spiro atoms. The number of hydrogen-bond acceptors (Lipinski definition) is 6. The fraction of sp³-hybridized carbons (Fsp3) is 0.263. The SMILES string of the molecule is FC(F)(F)c1ccc2ncc(-c3nccc(N4CCOCC4c4cn[nH]c4)n3)n2c1. The molecule has 8 nitrogen and oxygen atoms in total. The van der Waals surface area contributed by atoms with E-state index in [1.807, 2.05) is 0 Å². The van der Waals surface area contributed by atoms with E-state index in [0.717, 1.165) is 17.8 Å². The van der Waals surface area contributed by atoms with Gasteiger partial charge in [0.25, 0.3) is 0 Å². The lowest BCUT2D eigenvalue weighted by molar-refractivity contribution is -0.137. The van der Waals surface area contributed by atoms with Crippen molar-refractivity contribution in [1.82, 2.24) is 29.5 Å². The number of imidazole rings is 1. The standard InChI is InChI=1S/C19H16F3N7O/c20-19(21,22)13-1-2-16-24-9-14(29(16)10-13)18-23-4-3-17(27-18)28-5-6-30-11-15(28)12-7-25-26-8-12/h1-4,7-10,15H,5-6,11H2,(H,25,26). The minimum atomic E-state index is -4.45. The Labute approximate surface area is 168 Å². The van der Waals surface area contributed by atoms with Gasteiger partial charge in [-0.05, 0) is 18.2 Å². The summed E-state index contributed by atoms with van der Waals surface area (Å²) in [7, 11) is 0. The normalized spacial score (nSPS) is 17.6. The van der Waals surface area contributed by atoms with E-state index in [4.69, 9.17) is 4.74 Å². The van der Waals surface area contributed by atoms with Crippen LogP contribution in [0.3, 0.4) is 0 Å². The molecule has 154 valence electrons. The number of nitrogens with one attached hydrogen (secondary N) is 1. The molecule has 1 aliphatic rings. The fourth-order valence-corrected chi connectivity index (χ4v) is 3.54. The number of morpholine rings is 1. The molecular weight excluding hydrogens is 399 g/mol. The minimum absolute atomic E-state index is 0.0840. The van der Waals surface area contributed by atoms with Gasteiger partial charge >= 0.3 is 6.18 Å². The maximum atomic E-state index is 13.1. The number of aromatic amines is 1. The van der Waals surface area contributed by atoms with Crippen LogP contribution in [-0.2, 0) is 10.9 Å². The first-order valence-electron chi connectivity index (χ1n) is 9.21. The summed E-state index contributed by atoms with van der Waals surface area (Å²) < 4.78 is 46.4. The highest BCUT2D eigenvalue weighted by Crippen LogP contribution is 2.32. The number of pyridine rings is 1. The van der Waals surface area contributed by atoms with Crippen molar-refractivity contribution in [3.05, 3.63) is 60.3 Å². The molecule has 4 aromatic heterocycles. The zero-order valence-corrected chi connectivity index (χ0v) is 15.5. The summed E-state index contributed by atoms with van der Waals surface area (Å²) in [6.07, 6.45) is 3.16. The van der Waals surface area contributed by atoms with Crippen molar-refractivity contribution in [1.29, 1.82) is 0 Å². The number of H-pyrrole nitrogens is 1. The maximum absolute atomic E-state index is 13.1. The molecule has 1 fully saturated rings. The van der Waals surface area contributed by atoms with E-state index in [1.165, 1.54) is 16.7 Å². The summed E-state index contributed by atoms with van der Waals surface area (Å²) in [5, 5.41) is 6.80. The van der Waals surface area contributed by atoms with Crippen LogP contribution in [0, 0.1) is 0 Å². The lowest BCUT2D eigenvalue weighted by Crippen LogP contribution is -2.40. The first kappa shape index (κ1) is 18.6. The second kappa shape index (κ2) is 7.10. The molecule has 4 aromatic rings. The number of hydrogen-bond donors (Lipinski definition) is 1. The van der Waals surface area contributed by atoms with Crippen molar-refractivity contribution >= 4 is 11.5 Å². The van der Waals surface area contributed by atoms with Crippen molar-refractivity contribution in [3.8, 4) is 11.5 Å². The average molecular weight is 415 g/mol. The van der Waals surface area contributed by atoms with E-state index < -0.39 is 11.7 Å². The van der Waals surface area contributed by atoms with Crippen molar-refractivity contribution in [2.24, 2.45) is 0 Å². The summed E-state index contributed by atoms with van der Waals surface area (Å²) in [5.41, 5.74) is 0.957. The molecular formula is C19H16F3N7O. The lowest BCUT2D eigenvalue weighted by Gasteiger charge is -2.36. The molecule has 5 heterocycles. The van der Waals surface area contributed by atoms with Gasteiger partial charge in [0.05, 0.1) is 37.2 Å². The quantitative estimate of drug-likeness (QED) is 0.554. The number of aromatic nitrogens is 6. The van der Waals surface area contributed by atoms with Crippen LogP contribution in [0.4, 0.5) is 19.0 Å². The Morgan fingerprint density at radius 3 is 2.83 bits per heavy atom. The molecule has 0 saturated carbocycles. The van der Waals surface area contributed by atoms with Crippen molar-refractivity contribution in [3.63, 3.8) is 0 Å². The Morgan fingerprint density at radius 1 is 1.13 bits per heavy atom. The Morgan fingerprint density at radius 2 is 2.03 bits per heavy atom. The predicted octanol–water partition coefficient (Wildman–Crippen LogP) is 3.11. The summed E-state index contributed by atoms with van der Waals surface area (Å²) in [6.45, 7) is 1.62.